The van der Waals surface area contributed by atoms with E-state index < -0.39 is 17.3 Å². The number of carbonyl (C=O) groups excluding carboxylic acids is 1. The SMILES string of the molecule is COC(=O)C[C@@H]1COc2cc(CC[C@@H]3CCc4c3ccc(C(F)(F)F)c4-c3ccc(-c4noc(C(C)(C)O)n4)cc3)ccc21. The van der Waals surface area contributed by atoms with Crippen molar-refractivity contribution in [3.63, 3.8) is 0 Å². The second-order valence-corrected chi connectivity index (χ2v) is 12.0. The van der Waals surface area contributed by atoms with E-state index in [1.54, 1.807) is 30.3 Å². The van der Waals surface area contributed by atoms with Crippen LogP contribution in [0.5, 0.6) is 5.75 Å². The van der Waals surface area contributed by atoms with Crippen molar-refractivity contribution in [1.29, 1.82) is 0 Å². The van der Waals surface area contributed by atoms with E-state index in [4.69, 9.17) is 14.0 Å². The standard InChI is InChI=1S/C34H33F3N2O5/c1-33(2,41)32-38-31(39-44-32)22-9-7-21(8-10-22)30-26-13-11-20(24(26)14-15-27(30)34(35,36)37)6-4-19-5-12-25-23(17-29(40)42-3)18-43-28(25)16-19/h5,7-10,12,14-16,20,23,41H,4,6,11,13,17-18H2,1-3H3/t20-,23-/m1/s1. The summed E-state index contributed by atoms with van der Waals surface area (Å²) in [6, 6.07) is 15.6. The molecule has 1 aromatic heterocycles. The highest BCUT2D eigenvalue weighted by Crippen LogP contribution is 2.47. The van der Waals surface area contributed by atoms with Crippen LogP contribution < -0.4 is 4.74 Å². The number of esters is 1. The molecule has 0 radical (unpaired) electrons. The van der Waals surface area contributed by atoms with Gasteiger partial charge in [-0.1, -0.05) is 47.6 Å². The van der Waals surface area contributed by atoms with Crippen molar-refractivity contribution in [2.45, 2.75) is 69.6 Å². The highest BCUT2D eigenvalue weighted by Gasteiger charge is 2.37. The molecule has 2 atom stereocenters. The van der Waals surface area contributed by atoms with Crippen LogP contribution in [0.4, 0.5) is 13.2 Å². The lowest BCUT2D eigenvalue weighted by molar-refractivity contribution is -0.141. The van der Waals surface area contributed by atoms with Gasteiger partial charge in [0.15, 0.2) is 0 Å². The summed E-state index contributed by atoms with van der Waals surface area (Å²) in [6.07, 6.45) is -1.36. The maximum Gasteiger partial charge on any atom is 0.417 e. The zero-order valence-corrected chi connectivity index (χ0v) is 24.7. The molecule has 1 aliphatic heterocycles. The number of rotatable bonds is 8. The monoisotopic (exact) mass is 606 g/mol. The van der Waals surface area contributed by atoms with Gasteiger partial charge in [-0.3, -0.25) is 4.79 Å². The van der Waals surface area contributed by atoms with Crippen LogP contribution in [0.25, 0.3) is 22.5 Å². The first kappa shape index (κ1) is 29.9. The van der Waals surface area contributed by atoms with E-state index in [2.05, 4.69) is 10.1 Å². The summed E-state index contributed by atoms with van der Waals surface area (Å²) in [5.74, 6) is 0.914. The van der Waals surface area contributed by atoms with E-state index in [1.807, 2.05) is 18.2 Å². The van der Waals surface area contributed by atoms with Crippen molar-refractivity contribution in [2.24, 2.45) is 0 Å². The molecular formula is C34H33F3N2O5. The minimum atomic E-state index is -4.51. The average Bonchev–Trinajstić information content (AvgIpc) is 3.74. The summed E-state index contributed by atoms with van der Waals surface area (Å²) in [4.78, 5) is 16.0. The summed E-state index contributed by atoms with van der Waals surface area (Å²) >= 11 is 0. The Labute approximate surface area is 253 Å². The summed E-state index contributed by atoms with van der Waals surface area (Å²) in [5.41, 5.74) is 3.10. The van der Waals surface area contributed by atoms with Gasteiger partial charge in [-0.2, -0.15) is 18.2 Å². The van der Waals surface area contributed by atoms with Crippen LogP contribution >= 0.6 is 0 Å². The number of hydrogen-bond donors (Lipinski definition) is 1. The molecule has 0 saturated heterocycles. The lowest BCUT2D eigenvalue weighted by Crippen LogP contribution is -2.15. The molecule has 2 aliphatic rings. The van der Waals surface area contributed by atoms with Gasteiger partial charge in [-0.05, 0) is 85.4 Å². The van der Waals surface area contributed by atoms with Crippen molar-refractivity contribution >= 4 is 5.97 Å². The molecule has 10 heteroatoms. The molecule has 4 aromatic rings. The van der Waals surface area contributed by atoms with E-state index in [1.165, 1.54) is 27.0 Å². The highest BCUT2D eigenvalue weighted by molar-refractivity contribution is 5.76. The Morgan fingerprint density at radius 1 is 1.02 bits per heavy atom. The fourth-order valence-electron chi connectivity index (χ4n) is 6.30. The minimum Gasteiger partial charge on any atom is -0.493 e. The molecule has 0 fully saturated rings. The number of fused-ring (bicyclic) bond motifs is 2. The van der Waals surface area contributed by atoms with E-state index in [9.17, 15) is 23.1 Å². The Hall–Kier alpha value is -4.18. The van der Waals surface area contributed by atoms with Gasteiger partial charge in [-0.15, -0.1) is 0 Å². The Morgan fingerprint density at radius 3 is 2.43 bits per heavy atom. The maximum atomic E-state index is 14.3. The third kappa shape index (κ3) is 5.83. The third-order valence-corrected chi connectivity index (χ3v) is 8.60. The summed E-state index contributed by atoms with van der Waals surface area (Å²) in [5, 5.41) is 14.0. The van der Waals surface area contributed by atoms with E-state index >= 15 is 0 Å². The van der Waals surface area contributed by atoms with Gasteiger partial charge in [0.1, 0.15) is 11.4 Å². The molecule has 0 saturated carbocycles. The van der Waals surface area contributed by atoms with Crippen molar-refractivity contribution < 1.29 is 37.1 Å². The molecule has 2 heterocycles. The van der Waals surface area contributed by atoms with Gasteiger partial charge < -0.3 is 19.1 Å². The maximum absolute atomic E-state index is 14.3. The largest absolute Gasteiger partial charge is 0.493 e. The fourth-order valence-corrected chi connectivity index (χ4v) is 6.30. The molecule has 0 spiro atoms. The number of ether oxygens (including phenoxy) is 2. The predicted molar refractivity (Wildman–Crippen MR) is 156 cm³/mol. The van der Waals surface area contributed by atoms with Gasteiger partial charge in [-0.25, -0.2) is 0 Å². The number of aryl methyl sites for hydroxylation is 1. The van der Waals surface area contributed by atoms with Gasteiger partial charge in [0.25, 0.3) is 5.89 Å². The van der Waals surface area contributed by atoms with Crippen molar-refractivity contribution in [1.82, 2.24) is 10.1 Å². The van der Waals surface area contributed by atoms with Crippen molar-refractivity contribution in [3.8, 4) is 28.3 Å². The third-order valence-electron chi connectivity index (χ3n) is 8.60. The van der Waals surface area contributed by atoms with Crippen LogP contribution in [-0.4, -0.2) is 34.9 Å². The van der Waals surface area contributed by atoms with Crippen LogP contribution in [0, 0.1) is 0 Å². The van der Waals surface area contributed by atoms with Crippen molar-refractivity contribution in [2.75, 3.05) is 13.7 Å². The topological polar surface area (TPSA) is 94.7 Å². The lowest BCUT2D eigenvalue weighted by Gasteiger charge is -2.19. The van der Waals surface area contributed by atoms with Crippen LogP contribution in [0.1, 0.15) is 78.7 Å². The van der Waals surface area contributed by atoms with E-state index in [-0.39, 0.29) is 41.5 Å². The summed E-state index contributed by atoms with van der Waals surface area (Å²) in [7, 11) is 1.37. The number of carbonyl (C=O) groups is 1. The Bertz CT molecular complexity index is 1690. The quantitative estimate of drug-likeness (QED) is 0.210. The fraction of sp³-hybridized carbons (Fsp3) is 0.382. The number of alkyl halides is 3. The van der Waals surface area contributed by atoms with E-state index in [0.717, 1.165) is 47.3 Å². The van der Waals surface area contributed by atoms with Crippen LogP contribution in [0.2, 0.25) is 0 Å². The first-order valence-electron chi connectivity index (χ1n) is 14.6. The average molecular weight is 607 g/mol. The Morgan fingerprint density at radius 2 is 1.75 bits per heavy atom. The van der Waals surface area contributed by atoms with Crippen LogP contribution in [0.3, 0.4) is 0 Å². The summed E-state index contributed by atoms with van der Waals surface area (Å²) in [6.45, 7) is 3.49. The first-order chi connectivity index (χ1) is 20.9. The van der Waals surface area contributed by atoms with Gasteiger partial charge in [0.05, 0.1) is 25.7 Å². The molecule has 0 amide bonds. The molecular weight excluding hydrogens is 573 g/mol. The number of hydrogen-bond acceptors (Lipinski definition) is 7. The molecule has 1 aliphatic carbocycles. The minimum absolute atomic E-state index is 0.0269. The Kier molecular flexibility index (Phi) is 7.73. The van der Waals surface area contributed by atoms with Gasteiger partial charge >= 0.3 is 12.1 Å². The molecule has 0 unspecified atom stereocenters. The number of benzene rings is 3. The van der Waals surface area contributed by atoms with Crippen molar-refractivity contribution in [3.05, 3.63) is 88.3 Å². The lowest BCUT2D eigenvalue weighted by atomic mass is 9.88. The van der Waals surface area contributed by atoms with Crippen LogP contribution in [0.15, 0.2) is 59.1 Å². The molecule has 0 bridgehead atoms. The number of halogens is 3. The number of methoxy groups -OCH3 is 1. The van der Waals surface area contributed by atoms with Gasteiger partial charge in [0, 0.05) is 17.0 Å². The number of aliphatic hydroxyl groups is 1. The molecule has 1 N–H and O–H groups in total. The molecule has 44 heavy (non-hydrogen) atoms. The number of nitrogens with zero attached hydrogens (tertiary/aromatic N) is 2. The molecule has 7 nitrogen and oxygen atoms in total. The van der Waals surface area contributed by atoms with Gasteiger partial charge in [0.2, 0.25) is 5.82 Å². The zero-order chi connectivity index (χ0) is 31.2. The second-order valence-electron chi connectivity index (χ2n) is 12.0. The zero-order valence-electron chi connectivity index (χ0n) is 24.7. The second kappa shape index (κ2) is 11.4. The predicted octanol–water partition coefficient (Wildman–Crippen LogP) is 7.35. The molecule has 3 aromatic carbocycles. The highest BCUT2D eigenvalue weighted by atomic mass is 19.4. The smallest absolute Gasteiger partial charge is 0.417 e. The first-order valence-corrected chi connectivity index (χ1v) is 14.6. The molecule has 230 valence electrons. The normalized spacial score (nSPS) is 17.7. The van der Waals surface area contributed by atoms with Crippen LogP contribution in [-0.2, 0) is 34.2 Å². The number of aromatic nitrogens is 2. The van der Waals surface area contributed by atoms with E-state index in [0.29, 0.717) is 24.2 Å². The Balaban J connectivity index is 1.23. The summed E-state index contributed by atoms with van der Waals surface area (Å²) < 4.78 is 58.6. The molecule has 6 rings (SSSR count).